The van der Waals surface area contributed by atoms with Crippen LogP contribution in [0.25, 0.3) is 22.0 Å². The van der Waals surface area contributed by atoms with Gasteiger partial charge in [0.05, 0.1) is 0 Å². The van der Waals surface area contributed by atoms with Crippen molar-refractivity contribution in [2.75, 3.05) is 0 Å². The molecular weight excluding hydrogens is 228 g/mol. The van der Waals surface area contributed by atoms with Gasteiger partial charge >= 0.3 is 0 Å². The Balaban J connectivity index is 2.19. The largest absolute Gasteiger partial charge is 0.619 e. The van der Waals surface area contributed by atoms with Gasteiger partial charge in [0.25, 0.3) is 0 Å². The van der Waals surface area contributed by atoms with Crippen LogP contribution in [0.5, 0.6) is 0 Å². The zero-order valence-corrected chi connectivity index (χ0v) is 9.46. The maximum atomic E-state index is 11.2. The number of benzene rings is 1. The van der Waals surface area contributed by atoms with Gasteiger partial charge in [-0.05, 0) is 35.2 Å². The van der Waals surface area contributed by atoms with Crippen LogP contribution in [0.4, 0.5) is 0 Å². The number of aromatic amines is 1. The van der Waals surface area contributed by atoms with Gasteiger partial charge in [-0.1, -0.05) is 6.07 Å². The number of pyridine rings is 2. The first kappa shape index (κ1) is 10.5. The third-order valence-corrected chi connectivity index (χ3v) is 2.83. The zero-order chi connectivity index (χ0) is 12.5. The number of H-pyrrole nitrogens is 1. The first-order chi connectivity index (χ1) is 8.72. The van der Waals surface area contributed by atoms with Crippen LogP contribution >= 0.6 is 0 Å². The predicted octanol–water partition coefficient (Wildman–Crippen LogP) is 1.83. The third-order valence-electron chi connectivity index (χ3n) is 2.83. The molecule has 3 rings (SSSR count). The van der Waals surface area contributed by atoms with Gasteiger partial charge in [0.2, 0.25) is 5.56 Å². The van der Waals surface area contributed by atoms with Crippen molar-refractivity contribution in [3.05, 3.63) is 70.4 Å². The van der Waals surface area contributed by atoms with E-state index < -0.39 is 0 Å². The molecule has 3 aromatic rings. The molecule has 0 amide bonds. The summed E-state index contributed by atoms with van der Waals surface area (Å²) in [6, 6.07) is 12.5. The van der Waals surface area contributed by atoms with E-state index in [-0.39, 0.29) is 5.56 Å². The van der Waals surface area contributed by atoms with Crippen LogP contribution in [0.15, 0.2) is 59.7 Å². The highest BCUT2D eigenvalue weighted by Gasteiger charge is 2.03. The van der Waals surface area contributed by atoms with E-state index in [1.54, 1.807) is 12.1 Å². The SMILES string of the molecule is O=c1ccc2cc(-c3ccc[n+]([O-])c3)ccc2[nH]1. The molecule has 0 unspecified atom stereocenters. The maximum absolute atomic E-state index is 11.2. The van der Waals surface area contributed by atoms with Gasteiger partial charge in [0, 0.05) is 23.2 Å². The number of hydrogen-bond acceptors (Lipinski definition) is 2. The number of nitrogens with zero attached hydrogens (tertiary/aromatic N) is 1. The fourth-order valence-electron chi connectivity index (χ4n) is 1.96. The molecule has 0 radical (unpaired) electrons. The minimum atomic E-state index is -0.118. The second kappa shape index (κ2) is 4.00. The number of aromatic nitrogens is 2. The molecule has 2 aromatic heterocycles. The van der Waals surface area contributed by atoms with Gasteiger partial charge in [-0.2, -0.15) is 4.73 Å². The van der Waals surface area contributed by atoms with Crippen LogP contribution in [0.3, 0.4) is 0 Å². The molecule has 0 bridgehead atoms. The standard InChI is InChI=1S/C14H10N2O2/c17-14-6-4-11-8-10(3-5-13(11)15-14)12-2-1-7-16(18)9-12/h1-9H,(H,15,17). The van der Waals surface area contributed by atoms with Gasteiger partial charge in [0.15, 0.2) is 12.4 Å². The monoisotopic (exact) mass is 238 g/mol. The van der Waals surface area contributed by atoms with E-state index in [4.69, 9.17) is 0 Å². The summed E-state index contributed by atoms with van der Waals surface area (Å²) in [6.07, 6.45) is 2.97. The zero-order valence-electron chi connectivity index (χ0n) is 9.46. The van der Waals surface area contributed by atoms with E-state index in [2.05, 4.69) is 4.98 Å². The molecule has 18 heavy (non-hydrogen) atoms. The first-order valence-electron chi connectivity index (χ1n) is 5.55. The number of nitrogens with one attached hydrogen (secondary N) is 1. The van der Waals surface area contributed by atoms with Gasteiger partial charge in [0.1, 0.15) is 0 Å². The average molecular weight is 238 g/mol. The molecule has 0 spiro atoms. The summed E-state index contributed by atoms with van der Waals surface area (Å²) in [5, 5.41) is 12.2. The van der Waals surface area contributed by atoms with E-state index in [1.165, 1.54) is 18.5 Å². The van der Waals surface area contributed by atoms with Crippen LogP contribution in [0.2, 0.25) is 0 Å². The van der Waals surface area contributed by atoms with Crippen molar-refractivity contribution in [1.29, 1.82) is 0 Å². The van der Waals surface area contributed by atoms with Crippen molar-refractivity contribution in [1.82, 2.24) is 4.98 Å². The van der Waals surface area contributed by atoms with Crippen LogP contribution in [0, 0.1) is 5.21 Å². The molecule has 0 aliphatic carbocycles. The summed E-state index contributed by atoms with van der Waals surface area (Å²) in [6.45, 7) is 0. The smallest absolute Gasteiger partial charge is 0.248 e. The van der Waals surface area contributed by atoms with Crippen LogP contribution < -0.4 is 10.3 Å². The lowest BCUT2D eigenvalue weighted by Crippen LogP contribution is -2.23. The summed E-state index contributed by atoms with van der Waals surface area (Å²) >= 11 is 0. The number of hydrogen-bond donors (Lipinski definition) is 1. The molecule has 88 valence electrons. The van der Waals surface area contributed by atoms with Gasteiger partial charge in [-0.3, -0.25) is 4.79 Å². The number of rotatable bonds is 1. The average Bonchev–Trinajstić information content (AvgIpc) is 2.38. The fourth-order valence-corrected chi connectivity index (χ4v) is 1.96. The molecule has 4 heteroatoms. The Hall–Kier alpha value is -2.62. The third kappa shape index (κ3) is 1.84. The Labute approximate surface area is 103 Å². The molecule has 0 fully saturated rings. The van der Waals surface area contributed by atoms with E-state index >= 15 is 0 Å². The minimum absolute atomic E-state index is 0.118. The van der Waals surface area contributed by atoms with Crippen molar-refractivity contribution in [2.45, 2.75) is 0 Å². The van der Waals surface area contributed by atoms with Crippen LogP contribution in [0.1, 0.15) is 0 Å². The summed E-state index contributed by atoms with van der Waals surface area (Å²) in [7, 11) is 0. The Morgan fingerprint density at radius 2 is 1.94 bits per heavy atom. The molecule has 0 saturated heterocycles. The Morgan fingerprint density at radius 3 is 2.78 bits per heavy atom. The quantitative estimate of drug-likeness (QED) is 0.519. The molecule has 0 saturated carbocycles. The molecule has 2 heterocycles. The molecule has 4 nitrogen and oxygen atoms in total. The van der Waals surface area contributed by atoms with E-state index in [0.717, 1.165) is 26.8 Å². The second-order valence-corrected chi connectivity index (χ2v) is 4.08. The van der Waals surface area contributed by atoms with Crippen LogP contribution in [-0.4, -0.2) is 4.98 Å². The van der Waals surface area contributed by atoms with E-state index in [0.29, 0.717) is 0 Å². The van der Waals surface area contributed by atoms with Gasteiger partial charge in [-0.25, -0.2) is 0 Å². The summed E-state index contributed by atoms with van der Waals surface area (Å²) in [5.41, 5.74) is 2.46. The van der Waals surface area contributed by atoms with E-state index in [9.17, 15) is 10.0 Å². The maximum Gasteiger partial charge on any atom is 0.248 e. The lowest BCUT2D eigenvalue weighted by atomic mass is 10.1. The molecule has 1 N–H and O–H groups in total. The Bertz CT molecular complexity index is 778. The molecular formula is C14H10N2O2. The summed E-state index contributed by atoms with van der Waals surface area (Å²) in [4.78, 5) is 13.9. The lowest BCUT2D eigenvalue weighted by molar-refractivity contribution is -0.604. The van der Waals surface area contributed by atoms with Crippen molar-refractivity contribution in [3.63, 3.8) is 0 Å². The number of fused-ring (bicyclic) bond motifs is 1. The van der Waals surface area contributed by atoms with Crippen molar-refractivity contribution in [3.8, 4) is 11.1 Å². The second-order valence-electron chi connectivity index (χ2n) is 4.08. The highest BCUT2D eigenvalue weighted by molar-refractivity contribution is 5.83. The van der Waals surface area contributed by atoms with Crippen LogP contribution in [-0.2, 0) is 0 Å². The topological polar surface area (TPSA) is 59.8 Å². The minimum Gasteiger partial charge on any atom is -0.619 e. The van der Waals surface area contributed by atoms with Gasteiger partial charge in [-0.15, -0.1) is 0 Å². The summed E-state index contributed by atoms with van der Waals surface area (Å²) in [5.74, 6) is 0. The Kier molecular flexibility index (Phi) is 2.34. The fraction of sp³-hybridized carbons (Fsp3) is 0. The summed E-state index contributed by atoms with van der Waals surface area (Å²) < 4.78 is 0.770. The predicted molar refractivity (Wildman–Crippen MR) is 69.0 cm³/mol. The van der Waals surface area contributed by atoms with Crippen molar-refractivity contribution in [2.24, 2.45) is 0 Å². The van der Waals surface area contributed by atoms with Crippen molar-refractivity contribution >= 4 is 10.9 Å². The molecule has 1 aromatic carbocycles. The molecule has 0 aliphatic rings. The normalized spacial score (nSPS) is 10.7. The Morgan fingerprint density at radius 1 is 1.06 bits per heavy atom. The first-order valence-corrected chi connectivity index (χ1v) is 5.55. The van der Waals surface area contributed by atoms with Gasteiger partial charge < -0.3 is 10.2 Å². The highest BCUT2D eigenvalue weighted by atomic mass is 16.5. The highest BCUT2D eigenvalue weighted by Crippen LogP contribution is 2.21. The van der Waals surface area contributed by atoms with E-state index in [1.807, 2.05) is 24.3 Å². The van der Waals surface area contributed by atoms with Crippen molar-refractivity contribution < 1.29 is 4.73 Å². The molecule has 0 atom stereocenters. The molecule has 0 aliphatic heterocycles. The lowest BCUT2D eigenvalue weighted by Gasteiger charge is -2.03.